The van der Waals surface area contributed by atoms with Gasteiger partial charge in [0, 0.05) is 13.1 Å². The maximum atomic E-state index is 14.0. The second-order valence-electron chi connectivity index (χ2n) is 7.34. The van der Waals surface area contributed by atoms with Gasteiger partial charge in [0.2, 0.25) is 10.0 Å². The first-order valence-electron chi connectivity index (χ1n) is 9.76. The number of benzene rings is 2. The van der Waals surface area contributed by atoms with Crippen molar-refractivity contribution >= 4 is 21.6 Å². The van der Waals surface area contributed by atoms with E-state index in [1.54, 1.807) is 13.8 Å². The summed E-state index contributed by atoms with van der Waals surface area (Å²) in [7, 11) is -3.77. The molecule has 2 aromatic rings. The quantitative estimate of drug-likeness (QED) is 0.734. The summed E-state index contributed by atoms with van der Waals surface area (Å²) in [4.78, 5) is 12.5. The lowest BCUT2D eigenvalue weighted by molar-refractivity contribution is 0.101. The molecule has 0 bridgehead atoms. The number of hydrogen-bond donors (Lipinski definition) is 1. The third-order valence-electron chi connectivity index (χ3n) is 4.70. The van der Waals surface area contributed by atoms with Crippen molar-refractivity contribution in [1.82, 2.24) is 4.31 Å². The number of anilines is 1. The first-order chi connectivity index (χ1) is 14.2. The van der Waals surface area contributed by atoms with E-state index in [0.717, 1.165) is 37.5 Å². The van der Waals surface area contributed by atoms with Crippen LogP contribution in [0.25, 0.3) is 0 Å². The monoisotopic (exact) mass is 438 g/mol. The highest BCUT2D eigenvalue weighted by molar-refractivity contribution is 7.89. The van der Waals surface area contributed by atoms with Crippen LogP contribution in [0.15, 0.2) is 41.3 Å². The number of nitrogens with one attached hydrogen (secondary N) is 1. The number of carbonyl (C=O) groups is 1. The molecule has 0 spiro atoms. The van der Waals surface area contributed by atoms with Crippen LogP contribution in [0.5, 0.6) is 5.75 Å². The molecule has 30 heavy (non-hydrogen) atoms. The van der Waals surface area contributed by atoms with E-state index in [2.05, 4.69) is 5.32 Å². The van der Waals surface area contributed by atoms with E-state index < -0.39 is 33.1 Å². The van der Waals surface area contributed by atoms with Crippen LogP contribution < -0.4 is 10.1 Å². The van der Waals surface area contributed by atoms with Crippen molar-refractivity contribution in [3.63, 3.8) is 0 Å². The van der Waals surface area contributed by atoms with E-state index in [1.807, 2.05) is 0 Å². The van der Waals surface area contributed by atoms with Crippen LogP contribution in [0.3, 0.4) is 0 Å². The highest BCUT2D eigenvalue weighted by atomic mass is 32.2. The predicted octanol–water partition coefficient (Wildman–Crippen LogP) is 4.18. The van der Waals surface area contributed by atoms with Crippen molar-refractivity contribution in [2.75, 3.05) is 18.4 Å². The van der Waals surface area contributed by atoms with Gasteiger partial charge in [0.05, 0.1) is 16.7 Å². The highest BCUT2D eigenvalue weighted by Crippen LogP contribution is 2.31. The molecule has 162 valence electrons. The van der Waals surface area contributed by atoms with E-state index in [0.29, 0.717) is 13.1 Å². The van der Waals surface area contributed by atoms with Crippen LogP contribution in [0.1, 0.15) is 43.5 Å². The molecule has 1 fully saturated rings. The topological polar surface area (TPSA) is 75.7 Å². The van der Waals surface area contributed by atoms with Gasteiger partial charge in [-0.1, -0.05) is 12.5 Å². The van der Waals surface area contributed by atoms with Crippen LogP contribution in [-0.4, -0.2) is 37.8 Å². The van der Waals surface area contributed by atoms with Gasteiger partial charge in [0.25, 0.3) is 5.91 Å². The average Bonchev–Trinajstić information content (AvgIpc) is 2.69. The molecule has 1 amide bonds. The minimum Gasteiger partial charge on any atom is -0.489 e. The predicted molar refractivity (Wildman–Crippen MR) is 109 cm³/mol. The Balaban J connectivity index is 1.98. The standard InChI is InChI=1S/C21H24F2N2O4S/c1-14(2)29-19-10-9-15(30(27,28)25-11-4-3-5-12-25)13-18(19)24-21(26)20-16(22)7-6-8-17(20)23/h6-10,13-14H,3-5,11-12H2,1-2H3,(H,24,26). The fourth-order valence-electron chi connectivity index (χ4n) is 3.28. The number of nitrogens with zero attached hydrogens (tertiary/aromatic N) is 1. The summed E-state index contributed by atoms with van der Waals surface area (Å²) in [5.41, 5.74) is -0.730. The van der Waals surface area contributed by atoms with Crippen LogP contribution in [0.4, 0.5) is 14.5 Å². The summed E-state index contributed by atoms with van der Waals surface area (Å²) in [6.45, 7) is 4.38. The molecular weight excluding hydrogens is 414 g/mol. The summed E-state index contributed by atoms with van der Waals surface area (Å²) in [6.07, 6.45) is 2.27. The summed E-state index contributed by atoms with van der Waals surface area (Å²) in [5.74, 6) is -2.87. The molecule has 1 aliphatic heterocycles. The molecular formula is C21H24F2N2O4S. The molecule has 0 aromatic heterocycles. The molecule has 0 atom stereocenters. The van der Waals surface area contributed by atoms with E-state index >= 15 is 0 Å². The SMILES string of the molecule is CC(C)Oc1ccc(S(=O)(=O)N2CCCCC2)cc1NC(=O)c1c(F)cccc1F. The molecule has 9 heteroatoms. The average molecular weight is 438 g/mol. The molecule has 1 heterocycles. The molecule has 6 nitrogen and oxygen atoms in total. The Kier molecular flexibility index (Phi) is 6.72. The van der Waals surface area contributed by atoms with E-state index in [4.69, 9.17) is 4.74 Å². The van der Waals surface area contributed by atoms with Gasteiger partial charge in [-0.3, -0.25) is 4.79 Å². The Morgan fingerprint density at radius 3 is 2.30 bits per heavy atom. The lowest BCUT2D eigenvalue weighted by Crippen LogP contribution is -2.35. The smallest absolute Gasteiger partial charge is 0.261 e. The van der Waals surface area contributed by atoms with Crippen molar-refractivity contribution in [2.24, 2.45) is 0 Å². The van der Waals surface area contributed by atoms with Gasteiger partial charge in [-0.25, -0.2) is 17.2 Å². The molecule has 1 saturated heterocycles. The maximum Gasteiger partial charge on any atom is 0.261 e. The normalized spacial score (nSPS) is 15.2. The molecule has 0 saturated carbocycles. The lowest BCUT2D eigenvalue weighted by Gasteiger charge is -2.26. The number of halogens is 2. The van der Waals surface area contributed by atoms with Crippen LogP contribution in [0, 0.1) is 11.6 Å². The molecule has 1 N–H and O–H groups in total. The number of rotatable bonds is 6. The highest BCUT2D eigenvalue weighted by Gasteiger charge is 2.27. The number of amides is 1. The third-order valence-corrected chi connectivity index (χ3v) is 6.60. The third kappa shape index (κ3) is 4.79. The van der Waals surface area contributed by atoms with Gasteiger partial charge in [-0.15, -0.1) is 0 Å². The Morgan fingerprint density at radius 1 is 1.07 bits per heavy atom. The number of piperidine rings is 1. The molecule has 0 radical (unpaired) electrons. The zero-order valence-electron chi connectivity index (χ0n) is 16.8. The zero-order chi connectivity index (χ0) is 21.9. The van der Waals surface area contributed by atoms with Crippen molar-refractivity contribution < 1.29 is 26.7 Å². The Hall–Kier alpha value is -2.52. The van der Waals surface area contributed by atoms with Gasteiger partial charge < -0.3 is 10.1 Å². The number of ether oxygens (including phenoxy) is 1. The Bertz CT molecular complexity index is 1020. The summed E-state index contributed by atoms with van der Waals surface area (Å²) in [5, 5.41) is 2.40. The molecule has 1 aliphatic rings. The van der Waals surface area contributed by atoms with Gasteiger partial charge >= 0.3 is 0 Å². The first kappa shape index (κ1) is 22.2. The first-order valence-corrected chi connectivity index (χ1v) is 11.2. The van der Waals surface area contributed by atoms with Crippen LogP contribution in [-0.2, 0) is 10.0 Å². The lowest BCUT2D eigenvalue weighted by atomic mass is 10.1. The molecule has 2 aromatic carbocycles. The van der Waals surface area contributed by atoms with Crippen molar-refractivity contribution in [3.8, 4) is 5.75 Å². The minimum absolute atomic E-state index is 0.0226. The number of hydrogen-bond acceptors (Lipinski definition) is 4. The van der Waals surface area contributed by atoms with E-state index in [9.17, 15) is 22.0 Å². The Morgan fingerprint density at radius 2 is 1.70 bits per heavy atom. The second kappa shape index (κ2) is 9.09. The van der Waals surface area contributed by atoms with Crippen molar-refractivity contribution in [2.45, 2.75) is 44.1 Å². The van der Waals surface area contributed by atoms with Crippen LogP contribution in [0.2, 0.25) is 0 Å². The maximum absolute atomic E-state index is 14.0. The fourth-order valence-corrected chi connectivity index (χ4v) is 4.82. The Labute approximate surface area is 174 Å². The van der Waals surface area contributed by atoms with E-state index in [1.165, 1.54) is 22.5 Å². The molecule has 0 unspecified atom stereocenters. The number of carbonyl (C=O) groups excluding carboxylic acids is 1. The second-order valence-corrected chi connectivity index (χ2v) is 9.28. The summed E-state index contributed by atoms with van der Waals surface area (Å²) in [6, 6.07) is 7.20. The van der Waals surface area contributed by atoms with Crippen molar-refractivity contribution in [3.05, 3.63) is 53.6 Å². The van der Waals surface area contributed by atoms with Crippen molar-refractivity contribution in [1.29, 1.82) is 0 Å². The molecule has 0 aliphatic carbocycles. The molecule has 3 rings (SSSR count). The van der Waals surface area contributed by atoms with E-state index in [-0.39, 0.29) is 22.4 Å². The minimum atomic E-state index is -3.77. The van der Waals surface area contributed by atoms with Gasteiger partial charge in [-0.2, -0.15) is 4.31 Å². The van der Waals surface area contributed by atoms with Gasteiger partial charge in [0.1, 0.15) is 22.9 Å². The number of sulfonamides is 1. The largest absolute Gasteiger partial charge is 0.489 e. The summed E-state index contributed by atoms with van der Waals surface area (Å²) < 4.78 is 61.0. The zero-order valence-corrected chi connectivity index (χ0v) is 17.6. The fraction of sp³-hybridized carbons (Fsp3) is 0.381. The van der Waals surface area contributed by atoms with Gasteiger partial charge in [-0.05, 0) is 57.0 Å². The van der Waals surface area contributed by atoms with Crippen LogP contribution >= 0.6 is 0 Å². The summed E-state index contributed by atoms with van der Waals surface area (Å²) >= 11 is 0. The van der Waals surface area contributed by atoms with Gasteiger partial charge in [0.15, 0.2) is 0 Å².